The molecule has 0 spiro atoms. The molecule has 0 atom stereocenters. The maximum absolute atomic E-state index is 12.9. The van der Waals surface area contributed by atoms with Gasteiger partial charge in [-0.1, -0.05) is 18.1 Å². The summed E-state index contributed by atoms with van der Waals surface area (Å²) < 4.78 is 63.2. The summed E-state index contributed by atoms with van der Waals surface area (Å²) in [5.74, 6) is -2.98. The fourth-order valence-corrected chi connectivity index (χ4v) is 0.842. The van der Waals surface area contributed by atoms with Gasteiger partial charge in [-0.3, -0.25) is 4.98 Å². The van der Waals surface area contributed by atoms with Crippen molar-refractivity contribution in [2.24, 2.45) is 0 Å². The van der Waals surface area contributed by atoms with Gasteiger partial charge in [0, 0.05) is 0 Å². The minimum absolute atomic E-state index is 0.680. The molecular weight excluding hydrogens is 251 g/mol. The molecule has 1 aromatic rings. The minimum atomic E-state index is -5.58. The standard InChI is InChI=1S/C7HF5N4O/c1-13-3-4(14-2)16-5(15-3)6(8,9)17-7(10,11)12/h(H,15,16). The van der Waals surface area contributed by atoms with Gasteiger partial charge in [0.25, 0.3) is 11.6 Å². The normalized spacial score (nSPS) is 11.9. The van der Waals surface area contributed by atoms with Crippen LogP contribution in [0.25, 0.3) is 9.69 Å². The Morgan fingerprint density at radius 2 is 1.71 bits per heavy atom. The van der Waals surface area contributed by atoms with Crippen LogP contribution in [0.15, 0.2) is 0 Å². The molecule has 0 unspecified atom stereocenters. The third-order valence-electron chi connectivity index (χ3n) is 1.40. The predicted octanol–water partition coefficient (Wildman–Crippen LogP) is 3.10. The third-order valence-corrected chi connectivity index (χ3v) is 1.40. The molecule has 0 aromatic carbocycles. The van der Waals surface area contributed by atoms with Crippen LogP contribution in [-0.4, -0.2) is 16.3 Å². The first-order valence-corrected chi connectivity index (χ1v) is 3.69. The zero-order valence-electron chi connectivity index (χ0n) is 7.64. The number of nitrogens with one attached hydrogen (secondary N) is 1. The predicted molar refractivity (Wildman–Crippen MR) is 42.1 cm³/mol. The van der Waals surface area contributed by atoms with E-state index in [9.17, 15) is 22.0 Å². The monoisotopic (exact) mass is 252 g/mol. The average Bonchev–Trinajstić information content (AvgIpc) is 2.57. The molecule has 0 aliphatic carbocycles. The van der Waals surface area contributed by atoms with Crippen molar-refractivity contribution in [3.05, 3.63) is 28.7 Å². The zero-order valence-corrected chi connectivity index (χ0v) is 7.64. The van der Waals surface area contributed by atoms with Crippen molar-refractivity contribution in [1.29, 1.82) is 0 Å². The van der Waals surface area contributed by atoms with E-state index in [1.165, 1.54) is 0 Å². The Labute approximate surface area is 90.5 Å². The van der Waals surface area contributed by atoms with Gasteiger partial charge in [-0.15, -0.1) is 13.2 Å². The lowest BCUT2D eigenvalue weighted by atomic mass is 10.6. The van der Waals surface area contributed by atoms with E-state index in [2.05, 4.69) is 19.4 Å². The highest BCUT2D eigenvalue weighted by molar-refractivity contribution is 5.62. The summed E-state index contributed by atoms with van der Waals surface area (Å²) in [4.78, 5) is 9.66. The van der Waals surface area contributed by atoms with E-state index < -0.39 is 29.9 Å². The molecule has 10 heteroatoms. The third kappa shape index (κ3) is 2.89. The van der Waals surface area contributed by atoms with Gasteiger partial charge < -0.3 is 9.69 Å². The van der Waals surface area contributed by atoms with E-state index in [1.54, 1.807) is 4.98 Å². The molecule has 17 heavy (non-hydrogen) atoms. The molecule has 1 N–H and O–H groups in total. The summed E-state index contributed by atoms with van der Waals surface area (Å²) in [6.07, 6.45) is -10.4. The first-order valence-electron chi connectivity index (χ1n) is 3.69. The van der Waals surface area contributed by atoms with Gasteiger partial charge in [0.15, 0.2) is 0 Å². The van der Waals surface area contributed by atoms with E-state index >= 15 is 0 Å². The molecule has 0 amide bonds. The Kier molecular flexibility index (Phi) is 3.02. The maximum Gasteiger partial charge on any atom is 0.527 e. The molecule has 90 valence electrons. The summed E-state index contributed by atoms with van der Waals surface area (Å²) in [6, 6.07) is 0. The number of aromatic nitrogens is 2. The number of hydrogen-bond acceptors (Lipinski definition) is 2. The highest BCUT2D eigenvalue weighted by Crippen LogP contribution is 2.37. The first-order chi connectivity index (χ1) is 7.69. The Morgan fingerprint density at radius 3 is 2.06 bits per heavy atom. The smallest absolute Gasteiger partial charge is 0.373 e. The SMILES string of the molecule is [C-]#[N+]c1nc(C(F)(F)OC(F)(F)F)[nH]c1[N+]#[C-]. The van der Waals surface area contributed by atoms with Gasteiger partial charge in [-0.25, -0.2) is 4.74 Å². The van der Waals surface area contributed by atoms with Crippen LogP contribution in [0.5, 0.6) is 0 Å². The van der Waals surface area contributed by atoms with Crippen LogP contribution in [-0.2, 0) is 10.8 Å². The zero-order chi connectivity index (χ0) is 13.3. The number of rotatable bonds is 2. The van der Waals surface area contributed by atoms with Gasteiger partial charge >= 0.3 is 18.3 Å². The van der Waals surface area contributed by atoms with Gasteiger partial charge in [0.05, 0.1) is 0 Å². The summed E-state index contributed by atoms with van der Waals surface area (Å²) in [5.41, 5.74) is 0. The van der Waals surface area contributed by atoms with Crippen LogP contribution in [0.1, 0.15) is 5.82 Å². The number of ether oxygens (including phenoxy) is 1. The van der Waals surface area contributed by atoms with Crippen molar-refractivity contribution in [3.8, 4) is 0 Å². The number of alkyl halides is 5. The van der Waals surface area contributed by atoms with E-state index in [0.717, 1.165) is 0 Å². The topological polar surface area (TPSA) is 46.6 Å². The molecule has 0 bridgehead atoms. The van der Waals surface area contributed by atoms with Gasteiger partial charge in [0.2, 0.25) is 0 Å². The quantitative estimate of drug-likeness (QED) is 0.649. The van der Waals surface area contributed by atoms with E-state index in [0.29, 0.717) is 0 Å². The lowest BCUT2D eigenvalue weighted by Gasteiger charge is -2.12. The summed E-state index contributed by atoms with van der Waals surface area (Å²) in [7, 11) is 0. The lowest BCUT2D eigenvalue weighted by molar-refractivity contribution is -0.433. The summed E-state index contributed by atoms with van der Waals surface area (Å²) in [5, 5.41) is 0. The average molecular weight is 252 g/mol. The van der Waals surface area contributed by atoms with Gasteiger partial charge in [-0.05, 0) is 0 Å². The molecule has 1 heterocycles. The van der Waals surface area contributed by atoms with Crippen LogP contribution in [0, 0.1) is 13.1 Å². The molecule has 1 aromatic heterocycles. The minimum Gasteiger partial charge on any atom is -0.373 e. The number of halogens is 5. The van der Waals surface area contributed by atoms with Crippen LogP contribution in [0.3, 0.4) is 0 Å². The van der Waals surface area contributed by atoms with Crippen molar-refractivity contribution in [2.75, 3.05) is 0 Å². The molecule has 0 aliphatic rings. The molecule has 0 fully saturated rings. The number of imidazole rings is 1. The lowest BCUT2D eigenvalue weighted by Crippen LogP contribution is -2.28. The number of aromatic amines is 1. The van der Waals surface area contributed by atoms with Crippen molar-refractivity contribution < 1.29 is 26.7 Å². The van der Waals surface area contributed by atoms with Crippen LogP contribution in [0.2, 0.25) is 0 Å². The highest BCUT2D eigenvalue weighted by Gasteiger charge is 2.52. The summed E-state index contributed by atoms with van der Waals surface area (Å²) >= 11 is 0. The Hall–Kier alpha value is -2.20. The van der Waals surface area contributed by atoms with Crippen LogP contribution >= 0.6 is 0 Å². The second-order valence-electron chi connectivity index (χ2n) is 2.55. The van der Waals surface area contributed by atoms with Crippen molar-refractivity contribution >= 4 is 11.6 Å². The van der Waals surface area contributed by atoms with Gasteiger partial charge in [0.1, 0.15) is 0 Å². The van der Waals surface area contributed by atoms with Crippen LogP contribution in [0.4, 0.5) is 33.6 Å². The van der Waals surface area contributed by atoms with Crippen molar-refractivity contribution in [3.63, 3.8) is 0 Å². The molecule has 0 aliphatic heterocycles. The van der Waals surface area contributed by atoms with E-state index in [-0.39, 0.29) is 0 Å². The Bertz CT molecular complexity index is 474. The first kappa shape index (κ1) is 12.9. The van der Waals surface area contributed by atoms with Crippen molar-refractivity contribution in [2.45, 2.75) is 12.5 Å². The second-order valence-corrected chi connectivity index (χ2v) is 2.55. The van der Waals surface area contributed by atoms with Crippen LogP contribution < -0.4 is 0 Å². The molecule has 5 nitrogen and oxygen atoms in total. The fraction of sp³-hybridized carbons (Fsp3) is 0.286. The van der Waals surface area contributed by atoms with E-state index in [4.69, 9.17) is 13.1 Å². The Morgan fingerprint density at radius 1 is 1.12 bits per heavy atom. The molecule has 0 radical (unpaired) electrons. The molecular formula is C7HF5N4O. The number of hydrogen-bond donors (Lipinski definition) is 1. The second kappa shape index (κ2) is 3.99. The molecule has 0 saturated heterocycles. The number of nitrogens with zero attached hydrogens (tertiary/aromatic N) is 3. The largest absolute Gasteiger partial charge is 0.527 e. The van der Waals surface area contributed by atoms with Gasteiger partial charge in [-0.2, -0.15) is 8.78 Å². The van der Waals surface area contributed by atoms with E-state index in [1.807, 2.05) is 0 Å². The number of H-pyrrole nitrogens is 1. The Balaban J connectivity index is 3.13. The molecule has 1 rings (SSSR count). The fourth-order valence-electron chi connectivity index (χ4n) is 0.842. The molecule has 0 saturated carbocycles. The highest BCUT2D eigenvalue weighted by atomic mass is 19.4. The van der Waals surface area contributed by atoms with Crippen molar-refractivity contribution in [1.82, 2.24) is 9.97 Å². The maximum atomic E-state index is 12.9. The summed E-state index contributed by atoms with van der Waals surface area (Å²) in [6.45, 7) is 13.0.